The first-order valence-electron chi connectivity index (χ1n) is 11.3. The van der Waals surface area contributed by atoms with Crippen LogP contribution in [0.25, 0.3) is 0 Å². The molecule has 4 nitrogen and oxygen atoms in total. The highest BCUT2D eigenvalue weighted by Gasteiger charge is 2.45. The van der Waals surface area contributed by atoms with Crippen molar-refractivity contribution >= 4 is 17.5 Å². The number of nitrogens with two attached hydrogens (primary N) is 1. The van der Waals surface area contributed by atoms with Crippen molar-refractivity contribution in [2.75, 3.05) is 13.1 Å². The summed E-state index contributed by atoms with van der Waals surface area (Å²) in [5.41, 5.74) is 2.99. The molecule has 0 bridgehead atoms. The molecule has 184 valence electrons. The zero-order chi connectivity index (χ0) is 25.3. The molecule has 1 fully saturated rings. The minimum Gasteiger partial charge on any atom is -0.292 e. The molecule has 1 heterocycles. The molecule has 0 aliphatic carbocycles. The van der Waals surface area contributed by atoms with Gasteiger partial charge in [-0.3, -0.25) is 15.1 Å². The first-order valence-corrected chi connectivity index (χ1v) is 11.7. The van der Waals surface area contributed by atoms with Crippen LogP contribution in [0.15, 0.2) is 66.7 Å². The largest absolute Gasteiger partial charge is 0.292 e. The molecule has 1 saturated heterocycles. The van der Waals surface area contributed by atoms with Crippen LogP contribution in [0.4, 0.5) is 13.2 Å². The second-order valence-corrected chi connectivity index (χ2v) is 9.95. The molecule has 1 amide bonds. The Kier molecular flexibility index (Phi) is 7.22. The van der Waals surface area contributed by atoms with Crippen molar-refractivity contribution in [1.29, 1.82) is 0 Å². The van der Waals surface area contributed by atoms with Gasteiger partial charge in [-0.05, 0) is 72.9 Å². The fraction of sp³-hybridized carbons (Fsp3) is 0.296. The smallest absolute Gasteiger partial charge is 0.265 e. The van der Waals surface area contributed by atoms with E-state index in [0.29, 0.717) is 29.2 Å². The zero-order valence-electron chi connectivity index (χ0n) is 19.4. The minimum absolute atomic E-state index is 0.165. The van der Waals surface area contributed by atoms with Gasteiger partial charge in [-0.25, -0.2) is 19.0 Å². The molecule has 1 aliphatic rings. The maximum absolute atomic E-state index is 15.3. The topological polar surface area (TPSA) is 58.4 Å². The van der Waals surface area contributed by atoms with Gasteiger partial charge in [0, 0.05) is 35.7 Å². The number of likely N-dealkylation sites (tertiary alicyclic amines) is 1. The maximum Gasteiger partial charge on any atom is 0.265 e. The van der Waals surface area contributed by atoms with Gasteiger partial charge in [0.1, 0.15) is 17.3 Å². The summed E-state index contributed by atoms with van der Waals surface area (Å²) in [6.45, 7) is 3.87. The number of nitrogens with one attached hydrogen (secondary N) is 1. The molecule has 4 rings (SSSR count). The van der Waals surface area contributed by atoms with Crippen LogP contribution in [-0.4, -0.2) is 29.6 Å². The Balaban J connectivity index is 1.66. The number of carbonyl (C=O) groups is 1. The highest BCUT2D eigenvalue weighted by molar-refractivity contribution is 6.30. The van der Waals surface area contributed by atoms with Crippen LogP contribution in [0.3, 0.4) is 0 Å². The van der Waals surface area contributed by atoms with Crippen molar-refractivity contribution in [3.05, 3.63) is 106 Å². The second-order valence-electron chi connectivity index (χ2n) is 9.51. The molecule has 3 aromatic carbocycles. The highest BCUT2D eigenvalue weighted by Crippen LogP contribution is 2.45. The van der Waals surface area contributed by atoms with Crippen molar-refractivity contribution in [3.63, 3.8) is 0 Å². The van der Waals surface area contributed by atoms with Gasteiger partial charge in [-0.15, -0.1) is 0 Å². The summed E-state index contributed by atoms with van der Waals surface area (Å²) in [5, 5.41) is 0.595. The number of hydrazine groups is 1. The Labute approximate surface area is 207 Å². The van der Waals surface area contributed by atoms with E-state index >= 15 is 4.39 Å². The maximum atomic E-state index is 15.3. The number of rotatable bonds is 7. The highest BCUT2D eigenvalue weighted by atomic mass is 35.5. The standard InChI is InChI=1S/C27H27ClF3N3O/c1-27(2,31)24(19-11-22(29)13-23(30)12-19)20-14-34(15-20)25(16-6-8-21(28)9-7-16)17-4-3-5-18(10-17)26(35)33-32/h3-13,20,24-25H,14-15,32H2,1-2H3,(H,33,35)/t24-,25?/m1/s1. The minimum atomic E-state index is -1.69. The number of nitrogens with zero attached hydrogens (tertiary/aromatic N) is 1. The molecule has 1 aliphatic heterocycles. The van der Waals surface area contributed by atoms with Crippen molar-refractivity contribution in [3.8, 4) is 0 Å². The fourth-order valence-electron chi connectivity index (χ4n) is 5.15. The molecule has 0 spiro atoms. The molecule has 1 unspecified atom stereocenters. The van der Waals surface area contributed by atoms with Gasteiger partial charge in [0.15, 0.2) is 0 Å². The summed E-state index contributed by atoms with van der Waals surface area (Å²) in [6.07, 6.45) is 0. The van der Waals surface area contributed by atoms with Crippen LogP contribution in [-0.2, 0) is 0 Å². The number of alkyl halides is 1. The number of benzene rings is 3. The molecule has 0 aromatic heterocycles. The van der Waals surface area contributed by atoms with Crippen LogP contribution in [0.5, 0.6) is 0 Å². The number of halogens is 4. The number of carbonyl (C=O) groups excluding carboxylic acids is 1. The van der Waals surface area contributed by atoms with Crippen LogP contribution in [0.2, 0.25) is 5.02 Å². The second kappa shape index (κ2) is 10.0. The van der Waals surface area contributed by atoms with E-state index in [-0.39, 0.29) is 12.0 Å². The summed E-state index contributed by atoms with van der Waals surface area (Å²) in [4.78, 5) is 14.3. The predicted molar refractivity (Wildman–Crippen MR) is 131 cm³/mol. The molecule has 35 heavy (non-hydrogen) atoms. The Morgan fingerprint density at radius 2 is 1.63 bits per heavy atom. The van der Waals surface area contributed by atoms with Gasteiger partial charge in [0.25, 0.3) is 5.91 Å². The number of hydrogen-bond acceptors (Lipinski definition) is 3. The van der Waals surface area contributed by atoms with Gasteiger partial charge >= 0.3 is 0 Å². The van der Waals surface area contributed by atoms with Gasteiger partial charge < -0.3 is 0 Å². The van der Waals surface area contributed by atoms with Crippen LogP contribution in [0.1, 0.15) is 52.9 Å². The summed E-state index contributed by atoms with van der Waals surface area (Å²) in [5.74, 6) is 2.60. The summed E-state index contributed by atoms with van der Waals surface area (Å²) in [7, 11) is 0. The van der Waals surface area contributed by atoms with Crippen molar-refractivity contribution < 1.29 is 18.0 Å². The predicted octanol–water partition coefficient (Wildman–Crippen LogP) is 5.77. The Hall–Kier alpha value is -2.87. The first-order chi connectivity index (χ1) is 16.6. The number of hydrogen-bond donors (Lipinski definition) is 2. The van der Waals surface area contributed by atoms with Gasteiger partial charge in [0.05, 0.1) is 6.04 Å². The molecule has 3 aromatic rings. The van der Waals surface area contributed by atoms with E-state index in [4.69, 9.17) is 17.4 Å². The molecular formula is C27H27ClF3N3O. The number of amides is 1. The first kappa shape index (κ1) is 25.2. The van der Waals surface area contributed by atoms with Crippen LogP contribution < -0.4 is 11.3 Å². The lowest BCUT2D eigenvalue weighted by Gasteiger charge is -2.50. The van der Waals surface area contributed by atoms with Crippen molar-refractivity contribution in [2.45, 2.75) is 31.5 Å². The normalized spacial score (nSPS) is 16.4. The molecule has 2 atom stereocenters. The molecular weight excluding hydrogens is 475 g/mol. The molecule has 0 radical (unpaired) electrons. The van der Waals surface area contributed by atoms with Crippen LogP contribution >= 0.6 is 11.6 Å². The lowest BCUT2D eigenvalue weighted by molar-refractivity contribution is 0.00803. The monoisotopic (exact) mass is 501 g/mol. The average Bonchev–Trinajstić information content (AvgIpc) is 2.76. The summed E-state index contributed by atoms with van der Waals surface area (Å²) >= 11 is 6.10. The fourth-order valence-corrected chi connectivity index (χ4v) is 5.27. The van der Waals surface area contributed by atoms with E-state index in [0.717, 1.165) is 17.2 Å². The van der Waals surface area contributed by atoms with Gasteiger partial charge in [-0.2, -0.15) is 0 Å². The lowest BCUT2D eigenvalue weighted by atomic mass is 9.72. The van der Waals surface area contributed by atoms with Crippen LogP contribution in [0, 0.1) is 17.6 Å². The Morgan fingerprint density at radius 3 is 2.20 bits per heavy atom. The molecule has 3 N–H and O–H groups in total. The zero-order valence-corrected chi connectivity index (χ0v) is 20.2. The Morgan fingerprint density at radius 1 is 1.00 bits per heavy atom. The van der Waals surface area contributed by atoms with E-state index < -0.39 is 29.1 Å². The summed E-state index contributed by atoms with van der Waals surface area (Å²) in [6, 6.07) is 17.5. The SMILES string of the molecule is CC(C)(F)[C@H](c1cc(F)cc(F)c1)C1CN(C(c2ccc(Cl)cc2)c2cccc(C(=O)NN)c2)C1. The number of nitrogen functional groups attached to an aromatic ring is 1. The van der Waals surface area contributed by atoms with E-state index in [1.54, 1.807) is 30.3 Å². The quantitative estimate of drug-likeness (QED) is 0.245. The average molecular weight is 502 g/mol. The third kappa shape index (κ3) is 5.53. The lowest BCUT2D eigenvalue weighted by Crippen LogP contribution is -2.53. The third-order valence-corrected chi connectivity index (χ3v) is 6.79. The van der Waals surface area contributed by atoms with Gasteiger partial charge in [-0.1, -0.05) is 35.9 Å². The third-order valence-electron chi connectivity index (χ3n) is 6.54. The van der Waals surface area contributed by atoms with Gasteiger partial charge in [0.2, 0.25) is 0 Å². The van der Waals surface area contributed by atoms with Crippen molar-refractivity contribution in [1.82, 2.24) is 10.3 Å². The van der Waals surface area contributed by atoms with Crippen molar-refractivity contribution in [2.24, 2.45) is 11.8 Å². The Bertz CT molecular complexity index is 1190. The molecule has 8 heteroatoms. The summed E-state index contributed by atoms with van der Waals surface area (Å²) < 4.78 is 43.2. The van der Waals surface area contributed by atoms with E-state index in [2.05, 4.69) is 10.3 Å². The van der Waals surface area contributed by atoms with E-state index in [9.17, 15) is 13.6 Å². The van der Waals surface area contributed by atoms with E-state index in [1.807, 2.05) is 18.2 Å². The molecule has 0 saturated carbocycles. The van der Waals surface area contributed by atoms with E-state index in [1.165, 1.54) is 26.0 Å².